The van der Waals surface area contributed by atoms with Crippen molar-refractivity contribution in [2.45, 2.75) is 12.8 Å². The first-order valence-corrected chi connectivity index (χ1v) is 9.31. The third kappa shape index (κ3) is 3.62. The topological polar surface area (TPSA) is 77.4 Å². The van der Waals surface area contributed by atoms with Gasteiger partial charge in [0.2, 0.25) is 0 Å². The van der Waals surface area contributed by atoms with Crippen LogP contribution in [-0.4, -0.2) is 51.9 Å². The molecule has 0 fully saturated rings. The molecule has 0 aromatic heterocycles. The zero-order chi connectivity index (χ0) is 20.3. The zero-order valence-electron chi connectivity index (χ0n) is 16.8. The molecule has 2 aromatic carbocycles. The van der Waals surface area contributed by atoms with Gasteiger partial charge in [-0.1, -0.05) is 0 Å². The highest BCUT2D eigenvalue weighted by Gasteiger charge is 2.29. The van der Waals surface area contributed by atoms with Gasteiger partial charge in [-0.05, 0) is 71.2 Å². The lowest BCUT2D eigenvalue weighted by Crippen LogP contribution is -2.28. The molecule has 2 N–H and O–H groups in total. The van der Waals surface area contributed by atoms with Crippen molar-refractivity contribution >= 4 is 0 Å². The summed E-state index contributed by atoms with van der Waals surface area (Å²) in [7, 11) is 6.44. The van der Waals surface area contributed by atoms with Gasteiger partial charge in [0.1, 0.15) is 0 Å². The summed E-state index contributed by atoms with van der Waals surface area (Å²) in [6.45, 7) is 0.00324. The molecule has 2 atom stereocenters. The molecular weight excluding hydrogens is 360 g/mol. The molecule has 1 aliphatic rings. The van der Waals surface area contributed by atoms with E-state index in [4.69, 9.17) is 18.9 Å². The lowest BCUT2D eigenvalue weighted by molar-refractivity contribution is 0.119. The van der Waals surface area contributed by atoms with Crippen LogP contribution in [0.1, 0.15) is 11.1 Å². The summed E-state index contributed by atoms with van der Waals surface area (Å²) in [4.78, 5) is 0. The highest BCUT2D eigenvalue weighted by molar-refractivity contribution is 5.77. The lowest BCUT2D eigenvalue weighted by Gasteiger charge is -2.30. The number of ether oxygens (including phenoxy) is 4. The number of hydrogen-bond donors (Lipinski definition) is 2. The summed E-state index contributed by atoms with van der Waals surface area (Å²) >= 11 is 0. The Morgan fingerprint density at radius 1 is 0.643 bits per heavy atom. The van der Waals surface area contributed by atoms with Crippen LogP contribution >= 0.6 is 0 Å². The second-order valence-electron chi connectivity index (χ2n) is 7.02. The minimum absolute atomic E-state index is 0.00162. The molecule has 0 saturated heterocycles. The maximum Gasteiger partial charge on any atom is 0.161 e. The fourth-order valence-corrected chi connectivity index (χ4v) is 4.01. The number of hydrogen-bond acceptors (Lipinski definition) is 6. The highest BCUT2D eigenvalue weighted by atomic mass is 16.5. The Balaban J connectivity index is 2.29. The predicted octanol–water partition coefficient (Wildman–Crippen LogP) is 2.70. The van der Waals surface area contributed by atoms with Crippen molar-refractivity contribution in [3.05, 3.63) is 35.4 Å². The fraction of sp³-hybridized carbons (Fsp3) is 0.455. The van der Waals surface area contributed by atoms with Crippen LogP contribution in [0.25, 0.3) is 11.1 Å². The van der Waals surface area contributed by atoms with Gasteiger partial charge in [0, 0.05) is 13.2 Å². The molecule has 152 valence electrons. The number of rotatable bonds is 6. The van der Waals surface area contributed by atoms with E-state index in [9.17, 15) is 10.2 Å². The SMILES string of the molecule is COc1cc2c(cc1OC)-c1cc(OC)c(OC)cc1C[C@@H](CO)[C@H](CO)C2. The van der Waals surface area contributed by atoms with Gasteiger partial charge in [-0.15, -0.1) is 0 Å². The summed E-state index contributed by atoms with van der Waals surface area (Å²) in [6, 6.07) is 7.84. The molecule has 6 nitrogen and oxygen atoms in total. The van der Waals surface area contributed by atoms with Gasteiger partial charge in [0.15, 0.2) is 23.0 Å². The maximum atomic E-state index is 9.98. The Bertz CT molecular complexity index is 763. The molecular formula is C22H28O6. The lowest BCUT2D eigenvalue weighted by atomic mass is 9.77. The first kappa shape index (κ1) is 20.3. The molecule has 0 heterocycles. The van der Waals surface area contributed by atoms with Crippen molar-refractivity contribution < 1.29 is 29.2 Å². The van der Waals surface area contributed by atoms with Crippen LogP contribution in [-0.2, 0) is 12.8 Å². The van der Waals surface area contributed by atoms with Gasteiger partial charge in [-0.3, -0.25) is 0 Å². The summed E-state index contributed by atoms with van der Waals surface area (Å²) in [6.07, 6.45) is 1.26. The van der Waals surface area contributed by atoms with E-state index in [1.807, 2.05) is 24.3 Å². The molecule has 0 aliphatic heterocycles. The Kier molecular flexibility index (Phi) is 6.31. The normalized spacial score (nSPS) is 18.4. The molecule has 6 heteroatoms. The van der Waals surface area contributed by atoms with E-state index in [0.717, 1.165) is 22.3 Å². The Morgan fingerprint density at radius 3 is 1.25 bits per heavy atom. The van der Waals surface area contributed by atoms with Crippen molar-refractivity contribution in [2.75, 3.05) is 41.7 Å². The average Bonchev–Trinajstić information content (AvgIpc) is 2.73. The summed E-state index contributed by atoms with van der Waals surface area (Å²) in [5, 5.41) is 20.0. The van der Waals surface area contributed by atoms with Crippen molar-refractivity contribution in [1.82, 2.24) is 0 Å². The van der Waals surface area contributed by atoms with Gasteiger partial charge < -0.3 is 29.2 Å². The zero-order valence-corrected chi connectivity index (χ0v) is 16.8. The first-order chi connectivity index (χ1) is 13.6. The Hall–Kier alpha value is -2.44. The van der Waals surface area contributed by atoms with E-state index in [1.54, 1.807) is 28.4 Å². The maximum absolute atomic E-state index is 9.98. The number of aliphatic hydroxyl groups excluding tert-OH is 2. The molecule has 28 heavy (non-hydrogen) atoms. The van der Waals surface area contributed by atoms with Crippen molar-refractivity contribution in [2.24, 2.45) is 11.8 Å². The summed E-state index contributed by atoms with van der Waals surface area (Å²) < 4.78 is 22.0. The Morgan fingerprint density at radius 2 is 0.964 bits per heavy atom. The van der Waals surface area contributed by atoms with Gasteiger partial charge >= 0.3 is 0 Å². The average molecular weight is 388 g/mol. The quantitative estimate of drug-likeness (QED) is 0.792. The van der Waals surface area contributed by atoms with E-state index in [0.29, 0.717) is 35.8 Å². The predicted molar refractivity (Wildman–Crippen MR) is 107 cm³/mol. The molecule has 0 spiro atoms. The standard InChI is InChI=1S/C22H28O6/c1-25-19-7-13-5-15(11-23)16(12-24)6-14-8-20(26-2)22(28-4)10-18(14)17(13)9-21(19)27-3/h7-10,15-16,23-24H,5-6,11-12H2,1-4H3/t15-,16-/m0/s1. The highest BCUT2D eigenvalue weighted by Crippen LogP contribution is 2.44. The van der Waals surface area contributed by atoms with Crippen molar-refractivity contribution in [3.8, 4) is 34.1 Å². The molecule has 0 saturated carbocycles. The second kappa shape index (κ2) is 8.71. The minimum atomic E-state index is -0.0666. The summed E-state index contributed by atoms with van der Waals surface area (Å²) in [5.74, 6) is 2.43. The summed E-state index contributed by atoms with van der Waals surface area (Å²) in [5.41, 5.74) is 4.07. The first-order valence-electron chi connectivity index (χ1n) is 9.31. The van der Waals surface area contributed by atoms with Crippen LogP contribution in [0, 0.1) is 11.8 Å². The molecule has 1 aliphatic carbocycles. The molecule has 0 amide bonds. The van der Waals surface area contributed by atoms with Crippen LogP contribution in [0.5, 0.6) is 23.0 Å². The van der Waals surface area contributed by atoms with Gasteiger partial charge in [0.05, 0.1) is 28.4 Å². The van der Waals surface area contributed by atoms with Crippen molar-refractivity contribution in [3.63, 3.8) is 0 Å². The molecule has 0 bridgehead atoms. The fourth-order valence-electron chi connectivity index (χ4n) is 4.01. The van der Waals surface area contributed by atoms with Crippen LogP contribution in [0.3, 0.4) is 0 Å². The van der Waals surface area contributed by atoms with Gasteiger partial charge in [-0.2, -0.15) is 0 Å². The van der Waals surface area contributed by atoms with Gasteiger partial charge in [-0.25, -0.2) is 0 Å². The third-order valence-electron chi connectivity index (χ3n) is 5.61. The number of benzene rings is 2. The smallest absolute Gasteiger partial charge is 0.161 e. The molecule has 2 aromatic rings. The van der Waals surface area contributed by atoms with Gasteiger partial charge in [0.25, 0.3) is 0 Å². The van der Waals surface area contributed by atoms with Crippen LogP contribution in [0.4, 0.5) is 0 Å². The largest absolute Gasteiger partial charge is 0.493 e. The van der Waals surface area contributed by atoms with E-state index < -0.39 is 0 Å². The van der Waals surface area contributed by atoms with Crippen molar-refractivity contribution in [1.29, 1.82) is 0 Å². The number of methoxy groups -OCH3 is 4. The van der Waals surface area contributed by atoms with Crippen LogP contribution in [0.15, 0.2) is 24.3 Å². The molecule has 0 radical (unpaired) electrons. The van der Waals surface area contributed by atoms with E-state index in [2.05, 4.69) is 0 Å². The van der Waals surface area contributed by atoms with E-state index in [1.165, 1.54) is 0 Å². The third-order valence-corrected chi connectivity index (χ3v) is 5.61. The van der Waals surface area contributed by atoms with Crippen LogP contribution < -0.4 is 18.9 Å². The second-order valence-corrected chi connectivity index (χ2v) is 7.02. The minimum Gasteiger partial charge on any atom is -0.493 e. The number of fused-ring (bicyclic) bond motifs is 3. The number of aliphatic hydroxyl groups is 2. The van der Waals surface area contributed by atoms with E-state index >= 15 is 0 Å². The van der Waals surface area contributed by atoms with E-state index in [-0.39, 0.29) is 25.0 Å². The Labute approximate surface area is 165 Å². The van der Waals surface area contributed by atoms with Crippen LogP contribution in [0.2, 0.25) is 0 Å². The molecule has 0 unspecified atom stereocenters. The molecule has 3 rings (SSSR count). The monoisotopic (exact) mass is 388 g/mol.